The number of benzene rings is 2. The number of rotatable bonds is 10. The standard InChI is InChI=1S/C21H25NO6S/c1-2-3-9-14-28-21(24)18(15-16-10-5-4-6-11-16)22-20(23)17-12-7-8-13-19(17)29(25,26)27/h4-8,10-13,18H,2-3,9,14-15H2,1H3,(H,22,23)(H,25,26,27)/p-1. The Morgan fingerprint density at radius 1 is 1.03 bits per heavy atom. The van der Waals surface area contributed by atoms with Gasteiger partial charge in [0.05, 0.1) is 17.1 Å². The van der Waals surface area contributed by atoms with Crippen molar-refractivity contribution in [1.82, 2.24) is 5.32 Å². The van der Waals surface area contributed by atoms with E-state index in [1.807, 2.05) is 13.0 Å². The zero-order chi connectivity index (χ0) is 21.3. The van der Waals surface area contributed by atoms with E-state index in [1.54, 1.807) is 24.3 Å². The predicted molar refractivity (Wildman–Crippen MR) is 106 cm³/mol. The van der Waals surface area contributed by atoms with Gasteiger partial charge in [0.1, 0.15) is 16.2 Å². The van der Waals surface area contributed by atoms with Crippen LogP contribution in [-0.2, 0) is 26.1 Å². The number of nitrogens with one attached hydrogen (secondary N) is 1. The molecular weight excluding hydrogens is 394 g/mol. The number of amides is 1. The zero-order valence-corrected chi connectivity index (χ0v) is 17.0. The van der Waals surface area contributed by atoms with Crippen LogP contribution in [0.4, 0.5) is 0 Å². The number of hydrogen-bond donors (Lipinski definition) is 1. The van der Waals surface area contributed by atoms with E-state index in [4.69, 9.17) is 4.74 Å². The van der Waals surface area contributed by atoms with E-state index in [-0.39, 0.29) is 18.6 Å². The maximum atomic E-state index is 12.7. The maximum absolute atomic E-state index is 12.7. The van der Waals surface area contributed by atoms with Crippen LogP contribution in [0.15, 0.2) is 59.5 Å². The number of unbranched alkanes of at least 4 members (excludes halogenated alkanes) is 2. The Kier molecular flexibility index (Phi) is 8.35. The van der Waals surface area contributed by atoms with Crippen molar-refractivity contribution >= 4 is 22.0 Å². The summed E-state index contributed by atoms with van der Waals surface area (Å²) in [6.07, 6.45) is 2.77. The third-order valence-electron chi connectivity index (χ3n) is 4.27. The Morgan fingerprint density at radius 2 is 1.69 bits per heavy atom. The summed E-state index contributed by atoms with van der Waals surface area (Å²) in [6, 6.07) is 13.1. The third kappa shape index (κ3) is 6.99. The minimum absolute atomic E-state index is 0.172. The van der Waals surface area contributed by atoms with Gasteiger partial charge in [0.15, 0.2) is 0 Å². The molecule has 0 aliphatic carbocycles. The first-order chi connectivity index (χ1) is 13.8. The molecule has 0 aliphatic heterocycles. The van der Waals surface area contributed by atoms with E-state index in [1.165, 1.54) is 18.2 Å². The number of carbonyl (C=O) groups excluding carboxylic acids is 2. The molecule has 1 atom stereocenters. The average Bonchev–Trinajstić information content (AvgIpc) is 2.70. The molecule has 29 heavy (non-hydrogen) atoms. The van der Waals surface area contributed by atoms with Crippen LogP contribution in [0.3, 0.4) is 0 Å². The van der Waals surface area contributed by atoms with Crippen LogP contribution >= 0.6 is 0 Å². The lowest BCUT2D eigenvalue weighted by Crippen LogP contribution is -2.43. The highest BCUT2D eigenvalue weighted by Gasteiger charge is 2.25. The molecule has 7 nitrogen and oxygen atoms in total. The molecule has 0 radical (unpaired) electrons. The summed E-state index contributed by atoms with van der Waals surface area (Å²) >= 11 is 0. The maximum Gasteiger partial charge on any atom is 0.328 e. The van der Waals surface area contributed by atoms with Crippen molar-refractivity contribution in [2.45, 2.75) is 43.5 Å². The third-order valence-corrected chi connectivity index (χ3v) is 5.16. The minimum Gasteiger partial charge on any atom is -0.744 e. The highest BCUT2D eigenvalue weighted by molar-refractivity contribution is 7.85. The summed E-state index contributed by atoms with van der Waals surface area (Å²) in [5.41, 5.74) is 0.493. The molecule has 0 spiro atoms. The fraction of sp³-hybridized carbons (Fsp3) is 0.333. The molecular formula is C21H24NO6S-. The number of esters is 1. The second-order valence-electron chi connectivity index (χ2n) is 6.54. The molecule has 1 amide bonds. The Balaban J connectivity index is 2.20. The van der Waals surface area contributed by atoms with Crippen LogP contribution in [0.5, 0.6) is 0 Å². The van der Waals surface area contributed by atoms with Crippen molar-refractivity contribution in [1.29, 1.82) is 0 Å². The molecule has 2 aromatic rings. The van der Waals surface area contributed by atoms with Crippen molar-refractivity contribution in [3.63, 3.8) is 0 Å². The smallest absolute Gasteiger partial charge is 0.328 e. The quantitative estimate of drug-likeness (QED) is 0.361. The Morgan fingerprint density at radius 3 is 2.34 bits per heavy atom. The van der Waals surface area contributed by atoms with Crippen molar-refractivity contribution in [2.24, 2.45) is 0 Å². The van der Waals surface area contributed by atoms with Gasteiger partial charge in [-0.15, -0.1) is 0 Å². The van der Waals surface area contributed by atoms with E-state index < -0.39 is 32.9 Å². The van der Waals surface area contributed by atoms with Gasteiger partial charge < -0.3 is 14.6 Å². The molecule has 0 fully saturated rings. The van der Waals surface area contributed by atoms with Gasteiger partial charge in [-0.3, -0.25) is 4.79 Å². The van der Waals surface area contributed by atoms with E-state index in [9.17, 15) is 22.6 Å². The van der Waals surface area contributed by atoms with Gasteiger partial charge in [0.25, 0.3) is 5.91 Å². The van der Waals surface area contributed by atoms with E-state index >= 15 is 0 Å². The van der Waals surface area contributed by atoms with E-state index in [0.29, 0.717) is 6.42 Å². The topological polar surface area (TPSA) is 113 Å². The van der Waals surface area contributed by atoms with Gasteiger partial charge in [-0.05, 0) is 24.1 Å². The summed E-state index contributed by atoms with van der Waals surface area (Å²) < 4.78 is 39.6. The molecule has 0 saturated carbocycles. The van der Waals surface area contributed by atoms with Crippen molar-refractivity contribution < 1.29 is 27.3 Å². The highest BCUT2D eigenvalue weighted by Crippen LogP contribution is 2.16. The van der Waals surface area contributed by atoms with Gasteiger partial charge >= 0.3 is 5.97 Å². The summed E-state index contributed by atoms with van der Waals surface area (Å²) in [7, 11) is -4.84. The molecule has 8 heteroatoms. The normalized spacial score (nSPS) is 12.2. The highest BCUT2D eigenvalue weighted by atomic mass is 32.2. The Hall–Kier alpha value is -2.71. The summed E-state index contributed by atoms with van der Waals surface area (Å²) in [5.74, 6) is -1.44. The molecule has 2 rings (SSSR count). The van der Waals surface area contributed by atoms with Gasteiger partial charge in [0, 0.05) is 6.42 Å². The van der Waals surface area contributed by atoms with Crippen LogP contribution in [-0.4, -0.2) is 37.5 Å². The fourth-order valence-electron chi connectivity index (χ4n) is 2.78. The van der Waals surface area contributed by atoms with Crippen molar-refractivity contribution in [3.8, 4) is 0 Å². The molecule has 0 heterocycles. The molecule has 0 saturated heterocycles. The van der Waals surface area contributed by atoms with E-state index in [0.717, 1.165) is 24.5 Å². The van der Waals surface area contributed by atoms with Crippen molar-refractivity contribution in [2.75, 3.05) is 6.61 Å². The lowest BCUT2D eigenvalue weighted by molar-refractivity contribution is -0.146. The van der Waals surface area contributed by atoms with Gasteiger partial charge in [0.2, 0.25) is 0 Å². The second-order valence-corrected chi connectivity index (χ2v) is 7.89. The lowest BCUT2D eigenvalue weighted by Gasteiger charge is -2.19. The molecule has 1 N–H and O–H groups in total. The number of carbonyl (C=O) groups is 2. The first-order valence-electron chi connectivity index (χ1n) is 9.39. The van der Waals surface area contributed by atoms with E-state index in [2.05, 4.69) is 5.32 Å². The zero-order valence-electron chi connectivity index (χ0n) is 16.2. The number of ether oxygens (including phenoxy) is 1. The molecule has 0 aromatic heterocycles. The van der Waals surface area contributed by atoms with Crippen LogP contribution in [0.25, 0.3) is 0 Å². The SMILES string of the molecule is CCCCCOC(=O)C(Cc1ccccc1)NC(=O)c1ccccc1S(=O)(=O)[O-]. The van der Waals surface area contributed by atoms with Crippen LogP contribution in [0.2, 0.25) is 0 Å². The largest absolute Gasteiger partial charge is 0.744 e. The molecule has 0 aliphatic rings. The first-order valence-corrected chi connectivity index (χ1v) is 10.8. The molecule has 2 aromatic carbocycles. The Labute approximate surface area is 170 Å². The molecule has 0 bridgehead atoms. The van der Waals surface area contributed by atoms with Gasteiger partial charge in [-0.25, -0.2) is 13.2 Å². The monoisotopic (exact) mass is 418 g/mol. The average molecular weight is 418 g/mol. The van der Waals surface area contributed by atoms with Crippen LogP contribution in [0.1, 0.15) is 42.1 Å². The van der Waals surface area contributed by atoms with Crippen LogP contribution < -0.4 is 5.32 Å². The molecule has 1 unspecified atom stereocenters. The lowest BCUT2D eigenvalue weighted by atomic mass is 10.1. The van der Waals surface area contributed by atoms with Gasteiger partial charge in [-0.1, -0.05) is 62.2 Å². The number of hydrogen-bond acceptors (Lipinski definition) is 6. The summed E-state index contributed by atoms with van der Waals surface area (Å²) in [4.78, 5) is 24.6. The molecule has 156 valence electrons. The predicted octanol–water partition coefficient (Wildman–Crippen LogP) is 2.67. The first kappa shape index (κ1) is 22.6. The summed E-state index contributed by atoms with van der Waals surface area (Å²) in [5, 5.41) is 2.52. The minimum atomic E-state index is -4.84. The van der Waals surface area contributed by atoms with Gasteiger partial charge in [-0.2, -0.15) is 0 Å². The van der Waals surface area contributed by atoms with Crippen molar-refractivity contribution in [3.05, 3.63) is 65.7 Å². The second kappa shape index (κ2) is 10.7. The summed E-state index contributed by atoms with van der Waals surface area (Å²) in [6.45, 7) is 2.27. The fourth-order valence-corrected chi connectivity index (χ4v) is 3.45. The Bertz CT molecular complexity index is 927. The van der Waals surface area contributed by atoms with Crippen LogP contribution in [0, 0.1) is 0 Å².